The van der Waals surface area contributed by atoms with Crippen molar-refractivity contribution in [2.24, 2.45) is 5.10 Å². The molecule has 0 N–H and O–H groups in total. The molecule has 1 heterocycles. The molecule has 0 spiro atoms. The second-order valence-electron chi connectivity index (χ2n) is 6.70. The van der Waals surface area contributed by atoms with Crippen molar-refractivity contribution < 1.29 is 14.6 Å². The van der Waals surface area contributed by atoms with E-state index < -0.39 is 5.97 Å². The molecule has 0 unspecified atom stereocenters. The molecule has 0 bridgehead atoms. The Kier molecular flexibility index (Phi) is 5.23. The number of carboxylic acid groups (broad SMARTS) is 1. The predicted octanol–water partition coefficient (Wildman–Crippen LogP) is 4.07. The first kappa shape index (κ1) is 19.0. The van der Waals surface area contributed by atoms with Gasteiger partial charge in [-0.1, -0.05) is 54.1 Å². The van der Waals surface area contributed by atoms with Crippen molar-refractivity contribution in [1.82, 2.24) is 0 Å². The zero-order valence-electron chi connectivity index (χ0n) is 15.7. The van der Waals surface area contributed by atoms with Gasteiger partial charge in [0.05, 0.1) is 30.5 Å². The number of carboxylic acids is 1. The Morgan fingerprint density at radius 3 is 2.48 bits per heavy atom. The van der Waals surface area contributed by atoms with Crippen LogP contribution in [0.1, 0.15) is 33.9 Å². The Hall–Kier alpha value is -3.31. The number of hydrogen-bond acceptors (Lipinski definition) is 5. The quantitative estimate of drug-likeness (QED) is 0.641. The summed E-state index contributed by atoms with van der Waals surface area (Å²) >= 11 is 6.02. The summed E-state index contributed by atoms with van der Waals surface area (Å²) in [6, 6.07) is 22.5. The summed E-state index contributed by atoms with van der Waals surface area (Å²) < 4.78 is 5.26. The van der Waals surface area contributed by atoms with E-state index in [-0.39, 0.29) is 16.6 Å². The summed E-state index contributed by atoms with van der Waals surface area (Å²) in [4.78, 5) is 11.4. The van der Waals surface area contributed by atoms with Gasteiger partial charge in [0.1, 0.15) is 5.75 Å². The van der Waals surface area contributed by atoms with E-state index in [1.165, 1.54) is 6.07 Å². The van der Waals surface area contributed by atoms with Crippen LogP contribution in [0.25, 0.3) is 0 Å². The van der Waals surface area contributed by atoms with Crippen LogP contribution in [0.3, 0.4) is 0 Å². The van der Waals surface area contributed by atoms with E-state index in [0.29, 0.717) is 12.1 Å². The van der Waals surface area contributed by atoms with Crippen LogP contribution in [-0.2, 0) is 0 Å². The second-order valence-corrected chi connectivity index (χ2v) is 7.11. The molecule has 0 saturated heterocycles. The minimum Gasteiger partial charge on any atom is -0.545 e. The molecule has 3 aromatic carbocycles. The highest BCUT2D eigenvalue weighted by Crippen LogP contribution is 2.38. The highest BCUT2D eigenvalue weighted by Gasteiger charge is 2.30. The van der Waals surface area contributed by atoms with Crippen LogP contribution in [-0.4, -0.2) is 18.8 Å². The molecule has 0 radical (unpaired) electrons. The van der Waals surface area contributed by atoms with Crippen molar-refractivity contribution in [1.29, 1.82) is 0 Å². The Bertz CT molecular complexity index is 1070. The molecule has 1 aliphatic heterocycles. The lowest BCUT2D eigenvalue weighted by Gasteiger charge is -2.25. The van der Waals surface area contributed by atoms with E-state index in [2.05, 4.69) is 0 Å². The van der Waals surface area contributed by atoms with E-state index in [1.54, 1.807) is 19.2 Å². The fourth-order valence-electron chi connectivity index (χ4n) is 3.45. The minimum absolute atomic E-state index is 0.0546. The molecule has 0 fully saturated rings. The topological polar surface area (TPSA) is 65.0 Å². The number of nitrogens with zero attached hydrogens (tertiary/aromatic N) is 2. The van der Waals surface area contributed by atoms with Crippen molar-refractivity contribution in [3.8, 4) is 5.75 Å². The molecular weight excluding hydrogens is 388 g/mol. The van der Waals surface area contributed by atoms with Gasteiger partial charge in [-0.25, -0.2) is 0 Å². The van der Waals surface area contributed by atoms with Gasteiger partial charge < -0.3 is 14.6 Å². The smallest absolute Gasteiger partial charge is 0.118 e. The molecule has 0 aliphatic carbocycles. The summed E-state index contributed by atoms with van der Waals surface area (Å²) in [5.41, 5.74) is 3.59. The highest BCUT2D eigenvalue weighted by molar-refractivity contribution is 6.33. The lowest BCUT2D eigenvalue weighted by Crippen LogP contribution is -2.24. The third-order valence-electron chi connectivity index (χ3n) is 4.95. The first-order chi connectivity index (χ1) is 14.1. The first-order valence-corrected chi connectivity index (χ1v) is 9.51. The van der Waals surface area contributed by atoms with E-state index in [1.807, 2.05) is 59.6 Å². The normalized spacial score (nSPS) is 15.9. The van der Waals surface area contributed by atoms with Gasteiger partial charge in [-0.2, -0.15) is 5.10 Å². The maximum atomic E-state index is 11.4. The summed E-state index contributed by atoms with van der Waals surface area (Å²) in [5.74, 6) is -0.544. The maximum absolute atomic E-state index is 11.4. The molecule has 0 amide bonds. The van der Waals surface area contributed by atoms with Gasteiger partial charge in [-0.3, -0.25) is 5.01 Å². The molecule has 5 nitrogen and oxygen atoms in total. The van der Waals surface area contributed by atoms with E-state index in [4.69, 9.17) is 21.4 Å². The minimum atomic E-state index is -1.32. The third kappa shape index (κ3) is 3.82. The Morgan fingerprint density at radius 1 is 1.10 bits per heavy atom. The lowest BCUT2D eigenvalue weighted by molar-refractivity contribution is -0.255. The van der Waals surface area contributed by atoms with Crippen molar-refractivity contribution in [2.45, 2.75) is 12.5 Å². The molecule has 6 heteroatoms. The van der Waals surface area contributed by atoms with Crippen LogP contribution in [0.5, 0.6) is 5.75 Å². The van der Waals surface area contributed by atoms with Crippen LogP contribution < -0.4 is 14.9 Å². The van der Waals surface area contributed by atoms with Gasteiger partial charge in [-0.15, -0.1) is 0 Å². The average Bonchev–Trinajstić information content (AvgIpc) is 3.20. The fourth-order valence-corrected chi connectivity index (χ4v) is 3.65. The van der Waals surface area contributed by atoms with Gasteiger partial charge in [0.25, 0.3) is 0 Å². The van der Waals surface area contributed by atoms with Crippen LogP contribution in [0.2, 0.25) is 5.02 Å². The molecule has 1 atom stereocenters. The van der Waals surface area contributed by atoms with Crippen LogP contribution in [0.15, 0.2) is 77.9 Å². The zero-order chi connectivity index (χ0) is 20.4. The largest absolute Gasteiger partial charge is 0.545 e. The average molecular weight is 406 g/mol. The number of methoxy groups -OCH3 is 1. The Labute approximate surface area is 173 Å². The third-order valence-corrected chi connectivity index (χ3v) is 5.28. The van der Waals surface area contributed by atoms with Gasteiger partial charge in [0, 0.05) is 17.0 Å². The van der Waals surface area contributed by atoms with E-state index >= 15 is 0 Å². The number of anilines is 1. The predicted molar refractivity (Wildman–Crippen MR) is 112 cm³/mol. The van der Waals surface area contributed by atoms with Gasteiger partial charge in [0.2, 0.25) is 0 Å². The number of aromatic carboxylic acids is 1. The highest BCUT2D eigenvalue weighted by atomic mass is 35.5. The van der Waals surface area contributed by atoms with Crippen molar-refractivity contribution in [2.75, 3.05) is 12.1 Å². The summed E-state index contributed by atoms with van der Waals surface area (Å²) in [7, 11) is 1.63. The van der Waals surface area contributed by atoms with Crippen LogP contribution >= 0.6 is 11.6 Å². The summed E-state index contributed by atoms with van der Waals surface area (Å²) in [6.07, 6.45) is 0.680. The molecule has 146 valence electrons. The van der Waals surface area contributed by atoms with Crippen molar-refractivity contribution >= 4 is 29.0 Å². The molecule has 1 aliphatic rings. The number of benzene rings is 3. The van der Waals surface area contributed by atoms with E-state index in [0.717, 1.165) is 22.6 Å². The van der Waals surface area contributed by atoms with Gasteiger partial charge in [-0.05, 0) is 41.5 Å². The van der Waals surface area contributed by atoms with Crippen molar-refractivity contribution in [3.63, 3.8) is 0 Å². The number of hydrogen-bond donors (Lipinski definition) is 0. The monoisotopic (exact) mass is 405 g/mol. The number of hydrazone groups is 1. The maximum Gasteiger partial charge on any atom is 0.118 e. The summed E-state index contributed by atoms with van der Waals surface area (Å²) in [5, 5.41) is 18.2. The first-order valence-electron chi connectivity index (χ1n) is 9.14. The number of carbonyl (C=O) groups excluding carboxylic acids is 1. The summed E-state index contributed by atoms with van der Waals surface area (Å²) in [6.45, 7) is 0. The van der Waals surface area contributed by atoms with Gasteiger partial charge in [0.15, 0.2) is 0 Å². The number of ether oxygens (including phenoxy) is 1. The van der Waals surface area contributed by atoms with E-state index in [9.17, 15) is 9.90 Å². The molecule has 4 rings (SSSR count). The van der Waals surface area contributed by atoms with Crippen molar-refractivity contribution in [3.05, 3.63) is 94.5 Å². The molecular formula is C23H18ClN2O3-. The number of halogens is 1. The standard InChI is InChI=1S/C23H19ClN2O3/c1-29-18-10-7-16(8-11-18)22-14-21(15-5-3-2-4-6-15)25-26(22)17-9-12-20(24)19(13-17)23(27)28/h2-13,22H,14H2,1H3,(H,27,28)/p-1/t22-/m0/s1. The lowest BCUT2D eigenvalue weighted by atomic mass is 9.98. The van der Waals surface area contributed by atoms with Crippen LogP contribution in [0.4, 0.5) is 5.69 Å². The molecule has 0 aromatic heterocycles. The molecule has 3 aromatic rings. The fraction of sp³-hybridized carbons (Fsp3) is 0.130. The Morgan fingerprint density at radius 2 is 1.83 bits per heavy atom. The van der Waals surface area contributed by atoms with Crippen LogP contribution in [0, 0.1) is 0 Å². The Balaban J connectivity index is 1.77. The molecule has 0 saturated carbocycles. The molecule has 29 heavy (non-hydrogen) atoms. The number of rotatable bonds is 5. The number of carbonyl (C=O) groups is 1. The second kappa shape index (κ2) is 7.97. The van der Waals surface area contributed by atoms with Gasteiger partial charge >= 0.3 is 0 Å². The SMILES string of the molecule is COc1ccc([C@@H]2CC(c3ccccc3)=NN2c2ccc(Cl)c(C(=O)[O-])c2)cc1. The zero-order valence-corrected chi connectivity index (χ0v) is 16.5.